The van der Waals surface area contributed by atoms with Crippen molar-refractivity contribution in [1.29, 1.82) is 0 Å². The topological polar surface area (TPSA) is 32.3 Å². The van der Waals surface area contributed by atoms with Crippen LogP contribution in [0.5, 0.6) is 0 Å². The van der Waals surface area contributed by atoms with Crippen molar-refractivity contribution in [2.24, 2.45) is 5.41 Å². The highest BCUT2D eigenvalue weighted by atomic mass is 35.5. The molecule has 0 aromatic rings. The van der Waals surface area contributed by atoms with E-state index < -0.39 is 17.2 Å². The Morgan fingerprint density at radius 3 is 2.37 bits per heavy atom. The van der Waals surface area contributed by atoms with Gasteiger partial charge in [-0.2, -0.15) is 13.2 Å². The molecule has 2 aliphatic rings. The van der Waals surface area contributed by atoms with Gasteiger partial charge in [0.05, 0.1) is 5.75 Å². The lowest BCUT2D eigenvalue weighted by Gasteiger charge is -2.38. The van der Waals surface area contributed by atoms with Crippen LogP contribution in [0, 0.1) is 5.41 Å². The standard InChI is InChI=1S/C11H17F3N2OS.ClH/c12-11(13,14)18-7-9(17)16-5-2-10(3-6-16)1-4-15-8-10;/h15H,1-8H2;1H. The summed E-state index contributed by atoms with van der Waals surface area (Å²) >= 11 is -0.244. The van der Waals surface area contributed by atoms with Gasteiger partial charge in [0.1, 0.15) is 0 Å². The van der Waals surface area contributed by atoms with Crippen LogP contribution in [0.25, 0.3) is 0 Å². The Labute approximate surface area is 121 Å². The number of piperidine rings is 1. The molecule has 2 rings (SSSR count). The molecule has 112 valence electrons. The summed E-state index contributed by atoms with van der Waals surface area (Å²) in [5.41, 5.74) is -4.03. The minimum atomic E-state index is -4.32. The third-order valence-corrected chi connectivity index (χ3v) is 4.59. The van der Waals surface area contributed by atoms with E-state index in [1.807, 2.05) is 0 Å². The van der Waals surface area contributed by atoms with E-state index in [0.29, 0.717) is 13.1 Å². The normalized spacial score (nSPS) is 22.4. The number of rotatable bonds is 2. The molecule has 0 bridgehead atoms. The van der Waals surface area contributed by atoms with Crippen molar-refractivity contribution in [2.75, 3.05) is 31.9 Å². The van der Waals surface area contributed by atoms with E-state index in [-0.39, 0.29) is 29.6 Å². The molecule has 2 aliphatic heterocycles. The molecular weight excluding hydrogens is 301 g/mol. The fourth-order valence-electron chi connectivity index (χ4n) is 2.69. The van der Waals surface area contributed by atoms with Gasteiger partial charge < -0.3 is 10.2 Å². The molecule has 0 aromatic carbocycles. The summed E-state index contributed by atoms with van der Waals surface area (Å²) in [6.45, 7) is 3.18. The SMILES string of the molecule is Cl.O=C(CSC(F)(F)F)N1CCC2(CCNC2)CC1. The zero-order chi connectivity index (χ0) is 13.2. The number of nitrogens with zero attached hydrogens (tertiary/aromatic N) is 1. The molecule has 0 aromatic heterocycles. The molecule has 2 saturated heterocycles. The van der Waals surface area contributed by atoms with Crippen molar-refractivity contribution in [2.45, 2.75) is 24.8 Å². The van der Waals surface area contributed by atoms with Crippen molar-refractivity contribution < 1.29 is 18.0 Å². The van der Waals surface area contributed by atoms with Gasteiger partial charge in [0.25, 0.3) is 0 Å². The Morgan fingerprint density at radius 2 is 1.89 bits per heavy atom. The third-order valence-electron chi connectivity index (χ3n) is 3.87. The number of amides is 1. The van der Waals surface area contributed by atoms with Gasteiger partial charge in [0.15, 0.2) is 0 Å². The van der Waals surface area contributed by atoms with Gasteiger partial charge in [-0.1, -0.05) is 0 Å². The number of hydrogen-bond acceptors (Lipinski definition) is 3. The minimum absolute atomic E-state index is 0. The van der Waals surface area contributed by atoms with E-state index in [2.05, 4.69) is 5.32 Å². The van der Waals surface area contributed by atoms with Crippen LogP contribution in [-0.4, -0.2) is 48.2 Å². The summed E-state index contributed by atoms with van der Waals surface area (Å²) in [6.07, 6.45) is 2.93. The van der Waals surface area contributed by atoms with E-state index in [1.165, 1.54) is 0 Å². The molecule has 0 radical (unpaired) electrons. The van der Waals surface area contributed by atoms with Crippen molar-refractivity contribution >= 4 is 30.1 Å². The van der Waals surface area contributed by atoms with Crippen molar-refractivity contribution in [1.82, 2.24) is 10.2 Å². The fourth-order valence-corrected chi connectivity index (χ4v) is 3.16. The first-order chi connectivity index (χ1) is 8.40. The highest BCUT2D eigenvalue weighted by Gasteiger charge is 2.38. The van der Waals surface area contributed by atoms with E-state index in [1.54, 1.807) is 4.90 Å². The van der Waals surface area contributed by atoms with Gasteiger partial charge in [-0.05, 0) is 43.0 Å². The predicted molar refractivity (Wildman–Crippen MR) is 71.5 cm³/mol. The first-order valence-electron chi connectivity index (χ1n) is 6.09. The maximum Gasteiger partial charge on any atom is 0.442 e. The number of halogens is 4. The molecular formula is C11H18ClF3N2OS. The molecule has 2 fully saturated rings. The molecule has 3 nitrogen and oxygen atoms in total. The van der Waals surface area contributed by atoms with Gasteiger partial charge in [-0.3, -0.25) is 4.79 Å². The predicted octanol–water partition coefficient (Wildman–Crippen LogP) is 2.26. The summed E-state index contributed by atoms with van der Waals surface area (Å²) in [6, 6.07) is 0. The molecule has 8 heteroatoms. The molecule has 0 unspecified atom stereocenters. The fraction of sp³-hybridized carbons (Fsp3) is 0.909. The van der Waals surface area contributed by atoms with Crippen LogP contribution in [0.4, 0.5) is 13.2 Å². The Hall–Kier alpha value is -0.140. The second-order valence-corrected chi connectivity index (χ2v) is 6.08. The lowest BCUT2D eigenvalue weighted by atomic mass is 9.78. The maximum absolute atomic E-state index is 12.0. The van der Waals surface area contributed by atoms with Gasteiger partial charge in [0.2, 0.25) is 5.91 Å². The number of carbonyl (C=O) groups excluding carboxylic acids is 1. The zero-order valence-corrected chi connectivity index (χ0v) is 12.1. The molecule has 0 saturated carbocycles. The van der Waals surface area contributed by atoms with Crippen LogP contribution in [0.1, 0.15) is 19.3 Å². The van der Waals surface area contributed by atoms with Crippen LogP contribution < -0.4 is 5.32 Å². The first kappa shape index (κ1) is 16.9. The zero-order valence-electron chi connectivity index (χ0n) is 10.5. The average Bonchev–Trinajstić information content (AvgIpc) is 2.75. The molecule has 19 heavy (non-hydrogen) atoms. The Kier molecular flexibility index (Phi) is 5.82. The summed E-state index contributed by atoms with van der Waals surface area (Å²) in [7, 11) is 0. The Bertz CT molecular complexity index is 312. The number of thioether (sulfide) groups is 1. The number of alkyl halides is 3. The lowest BCUT2D eigenvalue weighted by Crippen LogP contribution is -2.44. The van der Waals surface area contributed by atoms with Crippen molar-refractivity contribution in [3.8, 4) is 0 Å². The summed E-state index contributed by atoms with van der Waals surface area (Å²) in [5, 5.41) is 3.32. The van der Waals surface area contributed by atoms with E-state index >= 15 is 0 Å². The number of likely N-dealkylation sites (tertiary alicyclic amines) is 1. The van der Waals surface area contributed by atoms with E-state index in [4.69, 9.17) is 0 Å². The summed E-state index contributed by atoms with van der Waals surface area (Å²) in [4.78, 5) is 13.2. The third kappa shape index (κ3) is 4.72. The first-order valence-corrected chi connectivity index (χ1v) is 7.08. The van der Waals surface area contributed by atoms with Crippen molar-refractivity contribution in [3.05, 3.63) is 0 Å². The van der Waals surface area contributed by atoms with Crippen LogP contribution >= 0.6 is 24.2 Å². The lowest BCUT2D eigenvalue weighted by molar-refractivity contribution is -0.130. The van der Waals surface area contributed by atoms with Gasteiger partial charge in [0, 0.05) is 19.6 Å². The molecule has 0 atom stereocenters. The van der Waals surface area contributed by atoms with E-state index in [0.717, 1.165) is 32.4 Å². The Balaban J connectivity index is 0.00000180. The van der Waals surface area contributed by atoms with E-state index in [9.17, 15) is 18.0 Å². The molecule has 0 aliphatic carbocycles. The molecule has 2 heterocycles. The summed E-state index contributed by atoms with van der Waals surface area (Å²) in [5.74, 6) is -0.882. The van der Waals surface area contributed by atoms with Crippen LogP contribution in [-0.2, 0) is 4.79 Å². The maximum atomic E-state index is 12.0. The molecule has 1 amide bonds. The smallest absolute Gasteiger partial charge is 0.342 e. The number of hydrogen-bond donors (Lipinski definition) is 1. The minimum Gasteiger partial charge on any atom is -0.342 e. The van der Waals surface area contributed by atoms with Crippen LogP contribution in [0.15, 0.2) is 0 Å². The van der Waals surface area contributed by atoms with Crippen LogP contribution in [0.3, 0.4) is 0 Å². The quantitative estimate of drug-likeness (QED) is 0.847. The van der Waals surface area contributed by atoms with Crippen molar-refractivity contribution in [3.63, 3.8) is 0 Å². The van der Waals surface area contributed by atoms with Crippen LogP contribution in [0.2, 0.25) is 0 Å². The highest BCUT2D eigenvalue weighted by Crippen LogP contribution is 2.37. The Morgan fingerprint density at radius 1 is 1.26 bits per heavy atom. The summed E-state index contributed by atoms with van der Waals surface area (Å²) < 4.78 is 36.0. The average molecular weight is 319 g/mol. The number of nitrogens with one attached hydrogen (secondary N) is 1. The highest BCUT2D eigenvalue weighted by molar-refractivity contribution is 8.00. The monoisotopic (exact) mass is 318 g/mol. The van der Waals surface area contributed by atoms with Gasteiger partial charge in [-0.15, -0.1) is 12.4 Å². The van der Waals surface area contributed by atoms with Gasteiger partial charge in [-0.25, -0.2) is 0 Å². The second-order valence-electron chi connectivity index (χ2n) is 5.04. The molecule has 1 N–H and O–H groups in total. The number of carbonyl (C=O) groups is 1. The largest absolute Gasteiger partial charge is 0.442 e. The molecule has 1 spiro atoms. The van der Waals surface area contributed by atoms with Gasteiger partial charge >= 0.3 is 5.51 Å². The second kappa shape index (κ2) is 6.54.